The van der Waals surface area contributed by atoms with Crippen LogP contribution >= 0.6 is 11.6 Å². The summed E-state index contributed by atoms with van der Waals surface area (Å²) in [7, 11) is 1.46. The first-order valence-corrected chi connectivity index (χ1v) is 6.13. The second kappa shape index (κ2) is 6.82. The fraction of sp³-hybridized carbons (Fsp3) is 0.167. The van der Waals surface area contributed by atoms with E-state index in [1.165, 1.54) is 31.6 Å². The minimum absolute atomic E-state index is 0.0000809. The molecule has 1 heterocycles. The van der Waals surface area contributed by atoms with Crippen molar-refractivity contribution in [2.45, 2.75) is 0 Å². The van der Waals surface area contributed by atoms with Crippen LogP contribution in [-0.4, -0.2) is 28.8 Å². The number of halogens is 1. The highest BCUT2D eigenvalue weighted by molar-refractivity contribution is 6.31. The largest absolute Gasteiger partial charge is 0.467 e. The van der Waals surface area contributed by atoms with Crippen molar-refractivity contribution in [1.29, 1.82) is 0 Å². The molecule has 0 unspecified atom stereocenters. The summed E-state index contributed by atoms with van der Waals surface area (Å²) in [6.07, 6.45) is 2.85. The highest BCUT2D eigenvalue weighted by atomic mass is 35.5. The lowest BCUT2D eigenvalue weighted by atomic mass is 10.2. The zero-order valence-corrected chi connectivity index (χ0v) is 11.7. The molecule has 9 heteroatoms. The molecule has 0 fully saturated rings. The van der Waals surface area contributed by atoms with Crippen molar-refractivity contribution < 1.29 is 14.4 Å². The number of nitrogens with zero attached hydrogens (tertiary/aromatic N) is 3. The summed E-state index contributed by atoms with van der Waals surface area (Å²) in [4.78, 5) is 18.4. The van der Waals surface area contributed by atoms with Crippen LogP contribution in [0.2, 0.25) is 5.15 Å². The van der Waals surface area contributed by atoms with Crippen molar-refractivity contribution >= 4 is 28.8 Å². The lowest BCUT2D eigenvalue weighted by Gasteiger charge is -2.09. The van der Waals surface area contributed by atoms with Crippen LogP contribution < -0.4 is 10.1 Å². The van der Waals surface area contributed by atoms with Gasteiger partial charge in [-0.15, -0.1) is 0 Å². The van der Waals surface area contributed by atoms with Gasteiger partial charge in [-0.1, -0.05) is 11.6 Å². The van der Waals surface area contributed by atoms with E-state index in [0.29, 0.717) is 5.75 Å². The average molecular weight is 311 g/mol. The number of nitro groups is 1. The Labute approximate surface area is 124 Å². The van der Waals surface area contributed by atoms with Crippen molar-refractivity contribution in [2.75, 3.05) is 19.2 Å². The van der Waals surface area contributed by atoms with Crippen molar-refractivity contribution in [3.05, 3.63) is 45.9 Å². The van der Waals surface area contributed by atoms with Crippen LogP contribution in [0.25, 0.3) is 0 Å². The van der Waals surface area contributed by atoms with Crippen LogP contribution in [0.5, 0.6) is 5.75 Å². The van der Waals surface area contributed by atoms with E-state index in [1.54, 1.807) is 6.07 Å². The Bertz CT molecular complexity index is 653. The molecule has 2 aromatic rings. The van der Waals surface area contributed by atoms with E-state index in [1.807, 2.05) is 0 Å². The molecule has 21 heavy (non-hydrogen) atoms. The summed E-state index contributed by atoms with van der Waals surface area (Å²) in [5.74, 6) is 0.548. The number of methoxy groups -OCH3 is 1. The number of aromatic nitrogens is 2. The van der Waals surface area contributed by atoms with Gasteiger partial charge in [0.25, 0.3) is 5.69 Å². The third kappa shape index (κ3) is 3.77. The average Bonchev–Trinajstić information content (AvgIpc) is 2.48. The number of anilines is 2. The van der Waals surface area contributed by atoms with Gasteiger partial charge in [-0.05, 0) is 12.1 Å². The number of nitrogens with one attached hydrogen (secondary N) is 1. The molecule has 110 valence electrons. The Morgan fingerprint density at radius 1 is 1.38 bits per heavy atom. The Morgan fingerprint density at radius 2 is 2.14 bits per heavy atom. The van der Waals surface area contributed by atoms with E-state index < -0.39 is 4.92 Å². The molecule has 1 N–H and O–H groups in total. The number of ether oxygens (including phenoxy) is 2. The lowest BCUT2D eigenvalue weighted by molar-refractivity contribution is -0.384. The summed E-state index contributed by atoms with van der Waals surface area (Å²) in [5, 5.41) is 14.0. The van der Waals surface area contributed by atoms with Crippen LogP contribution in [0.15, 0.2) is 30.6 Å². The second-order valence-electron chi connectivity index (χ2n) is 3.81. The molecule has 0 amide bonds. The molecule has 8 nitrogen and oxygen atoms in total. The normalized spacial score (nSPS) is 10.2. The van der Waals surface area contributed by atoms with E-state index in [4.69, 9.17) is 21.1 Å². The van der Waals surface area contributed by atoms with Crippen molar-refractivity contribution in [3.63, 3.8) is 0 Å². The Hall–Kier alpha value is -2.45. The molecular formula is C12H11ClN4O4. The van der Waals surface area contributed by atoms with E-state index in [2.05, 4.69) is 15.3 Å². The monoisotopic (exact) mass is 310 g/mol. The summed E-state index contributed by atoms with van der Waals surface area (Å²) in [6.45, 7) is -0.0000809. The minimum Gasteiger partial charge on any atom is -0.467 e. The van der Waals surface area contributed by atoms with E-state index in [0.717, 1.165) is 0 Å². The maximum absolute atomic E-state index is 11.1. The fourth-order valence-corrected chi connectivity index (χ4v) is 1.67. The van der Waals surface area contributed by atoms with Crippen molar-refractivity contribution in [1.82, 2.24) is 9.97 Å². The maximum atomic E-state index is 11.1. The highest BCUT2D eigenvalue weighted by Gasteiger charge is 2.17. The molecule has 1 aromatic heterocycles. The molecule has 0 aliphatic carbocycles. The number of hydrogen-bond acceptors (Lipinski definition) is 7. The zero-order chi connectivity index (χ0) is 15.2. The van der Waals surface area contributed by atoms with Crippen LogP contribution in [0.1, 0.15) is 0 Å². The fourth-order valence-electron chi connectivity index (χ4n) is 1.52. The number of nitro benzene ring substituents is 1. The summed E-state index contributed by atoms with van der Waals surface area (Å²) in [5.41, 5.74) is 0.0532. The van der Waals surface area contributed by atoms with Gasteiger partial charge in [-0.3, -0.25) is 10.1 Å². The number of benzene rings is 1. The van der Waals surface area contributed by atoms with Crippen molar-refractivity contribution in [2.24, 2.45) is 0 Å². The van der Waals surface area contributed by atoms with Gasteiger partial charge < -0.3 is 14.8 Å². The Balaban J connectivity index is 2.30. The van der Waals surface area contributed by atoms with Crippen LogP contribution in [0.4, 0.5) is 17.2 Å². The van der Waals surface area contributed by atoms with Gasteiger partial charge in [0.15, 0.2) is 17.8 Å². The molecule has 0 atom stereocenters. The molecule has 0 saturated heterocycles. The predicted octanol–water partition coefficient (Wildman–Crippen LogP) is 2.76. The standard InChI is InChI=1S/C12H11ClN4O4/c1-20-7-21-8-2-3-9(10(6-8)17(18)19)16-12-11(13)14-4-5-15-12/h2-6H,7H2,1H3,(H,15,16). The van der Waals surface area contributed by atoms with Gasteiger partial charge in [0.1, 0.15) is 11.4 Å². The smallest absolute Gasteiger partial charge is 0.296 e. The van der Waals surface area contributed by atoms with Gasteiger partial charge in [0.05, 0.1) is 11.0 Å². The minimum atomic E-state index is -0.535. The topological polar surface area (TPSA) is 99.4 Å². The summed E-state index contributed by atoms with van der Waals surface area (Å²) < 4.78 is 9.91. The first-order valence-electron chi connectivity index (χ1n) is 5.75. The van der Waals surface area contributed by atoms with Gasteiger partial charge in [-0.2, -0.15) is 0 Å². The molecule has 2 rings (SSSR count). The molecule has 0 spiro atoms. The van der Waals surface area contributed by atoms with E-state index in [9.17, 15) is 10.1 Å². The van der Waals surface area contributed by atoms with Gasteiger partial charge >= 0.3 is 0 Å². The first-order chi connectivity index (χ1) is 10.1. The number of hydrogen-bond donors (Lipinski definition) is 1. The summed E-state index contributed by atoms with van der Waals surface area (Å²) >= 11 is 5.86. The molecular weight excluding hydrogens is 300 g/mol. The Kier molecular flexibility index (Phi) is 4.85. The highest BCUT2D eigenvalue weighted by Crippen LogP contribution is 2.32. The van der Waals surface area contributed by atoms with Gasteiger partial charge in [0.2, 0.25) is 0 Å². The second-order valence-corrected chi connectivity index (χ2v) is 4.17. The van der Waals surface area contributed by atoms with Crippen LogP contribution in [-0.2, 0) is 4.74 Å². The van der Waals surface area contributed by atoms with Gasteiger partial charge in [0, 0.05) is 19.5 Å². The third-order valence-electron chi connectivity index (χ3n) is 2.42. The van der Waals surface area contributed by atoms with Crippen molar-refractivity contribution in [3.8, 4) is 5.75 Å². The van der Waals surface area contributed by atoms with Crippen LogP contribution in [0, 0.1) is 10.1 Å². The Morgan fingerprint density at radius 3 is 2.81 bits per heavy atom. The summed E-state index contributed by atoms with van der Waals surface area (Å²) in [6, 6.07) is 4.35. The molecule has 0 bridgehead atoms. The maximum Gasteiger partial charge on any atom is 0.296 e. The number of rotatable bonds is 6. The lowest BCUT2D eigenvalue weighted by Crippen LogP contribution is -2.02. The SMILES string of the molecule is COCOc1ccc(Nc2nccnc2Cl)c([N+](=O)[O-])c1. The third-order valence-corrected chi connectivity index (χ3v) is 2.69. The first kappa shape index (κ1) is 14.9. The van der Waals surface area contributed by atoms with E-state index >= 15 is 0 Å². The molecule has 0 radical (unpaired) electrons. The molecule has 0 aliphatic heterocycles. The quantitative estimate of drug-likeness (QED) is 0.497. The van der Waals surface area contributed by atoms with E-state index in [-0.39, 0.29) is 29.1 Å². The molecule has 0 aliphatic rings. The van der Waals surface area contributed by atoms with Gasteiger partial charge in [-0.25, -0.2) is 9.97 Å². The zero-order valence-electron chi connectivity index (χ0n) is 10.9. The van der Waals surface area contributed by atoms with Crippen LogP contribution in [0.3, 0.4) is 0 Å². The predicted molar refractivity (Wildman–Crippen MR) is 75.9 cm³/mol. The molecule has 0 saturated carbocycles. The molecule has 1 aromatic carbocycles.